The highest BCUT2D eigenvalue weighted by Gasteiger charge is 2.30. The quantitative estimate of drug-likeness (QED) is 0.750. The summed E-state index contributed by atoms with van der Waals surface area (Å²) in [4.78, 5) is 44.3. The van der Waals surface area contributed by atoms with Crippen LogP contribution in [-0.4, -0.2) is 31.9 Å². The van der Waals surface area contributed by atoms with Gasteiger partial charge in [0.05, 0.1) is 16.9 Å². The molecule has 1 aromatic carbocycles. The molecule has 1 fully saturated rings. The molecule has 1 aliphatic rings. The summed E-state index contributed by atoms with van der Waals surface area (Å²) in [5.74, 6) is 0.0179. The van der Waals surface area contributed by atoms with Gasteiger partial charge in [-0.05, 0) is 37.1 Å². The number of benzene rings is 1. The molecule has 7 heteroatoms. The molecular formula is C19H20N4O3. The van der Waals surface area contributed by atoms with Gasteiger partial charge in [-0.15, -0.1) is 0 Å². The van der Waals surface area contributed by atoms with E-state index in [0.717, 1.165) is 25.1 Å². The van der Waals surface area contributed by atoms with E-state index in [4.69, 9.17) is 0 Å². The molecule has 3 heterocycles. The highest BCUT2D eigenvalue weighted by Crippen LogP contribution is 2.31. The predicted octanol–water partition coefficient (Wildman–Crippen LogP) is 1.77. The van der Waals surface area contributed by atoms with Crippen LogP contribution in [0.1, 0.15) is 31.0 Å². The minimum absolute atomic E-state index is 0.0179. The van der Waals surface area contributed by atoms with Gasteiger partial charge in [-0.1, -0.05) is 12.1 Å². The average molecular weight is 352 g/mol. The fourth-order valence-electron chi connectivity index (χ4n) is 3.76. The summed E-state index contributed by atoms with van der Waals surface area (Å²) in [6, 6.07) is 10.9. The Morgan fingerprint density at radius 1 is 1.15 bits per heavy atom. The molecule has 2 N–H and O–H groups in total. The Hall–Kier alpha value is -3.09. The Kier molecular flexibility index (Phi) is 4.20. The van der Waals surface area contributed by atoms with Gasteiger partial charge >= 0.3 is 5.69 Å². The lowest BCUT2D eigenvalue weighted by Crippen LogP contribution is -2.34. The van der Waals surface area contributed by atoms with E-state index in [1.807, 2.05) is 23.2 Å². The highest BCUT2D eigenvalue weighted by molar-refractivity contribution is 5.79. The molecule has 0 spiro atoms. The molecule has 1 atom stereocenters. The Labute approximate surface area is 149 Å². The van der Waals surface area contributed by atoms with E-state index in [2.05, 4.69) is 9.97 Å². The molecule has 0 bridgehead atoms. The summed E-state index contributed by atoms with van der Waals surface area (Å²) in [6.07, 6.45) is 3.99. The summed E-state index contributed by atoms with van der Waals surface area (Å²) >= 11 is 0. The van der Waals surface area contributed by atoms with Crippen LogP contribution in [0.25, 0.3) is 10.9 Å². The molecular weight excluding hydrogens is 332 g/mol. The van der Waals surface area contributed by atoms with Gasteiger partial charge in [0, 0.05) is 31.4 Å². The second kappa shape index (κ2) is 6.67. The number of aromatic nitrogens is 3. The van der Waals surface area contributed by atoms with Gasteiger partial charge in [-0.2, -0.15) is 0 Å². The van der Waals surface area contributed by atoms with Crippen molar-refractivity contribution in [3.8, 4) is 0 Å². The molecule has 0 saturated carbocycles. The summed E-state index contributed by atoms with van der Waals surface area (Å²) in [5, 5.41) is 0.449. The van der Waals surface area contributed by atoms with Crippen LogP contribution in [0.3, 0.4) is 0 Å². The lowest BCUT2D eigenvalue weighted by atomic mass is 10.1. The largest absolute Gasteiger partial charge is 0.363 e. The van der Waals surface area contributed by atoms with Crippen LogP contribution >= 0.6 is 0 Å². The van der Waals surface area contributed by atoms with Crippen molar-refractivity contribution in [3.63, 3.8) is 0 Å². The fraction of sp³-hybridized carbons (Fsp3) is 0.316. The first-order valence-corrected chi connectivity index (χ1v) is 8.80. The third-order valence-corrected chi connectivity index (χ3v) is 5.01. The van der Waals surface area contributed by atoms with Gasteiger partial charge in [-0.3, -0.25) is 19.1 Å². The predicted molar refractivity (Wildman–Crippen MR) is 97.9 cm³/mol. The van der Waals surface area contributed by atoms with E-state index in [0.29, 0.717) is 10.9 Å². The Balaban J connectivity index is 1.56. The van der Waals surface area contributed by atoms with Crippen molar-refractivity contribution in [2.75, 3.05) is 6.54 Å². The molecule has 134 valence electrons. The van der Waals surface area contributed by atoms with Crippen LogP contribution in [0.15, 0.2) is 52.2 Å². The van der Waals surface area contributed by atoms with Crippen molar-refractivity contribution in [2.45, 2.75) is 31.8 Å². The van der Waals surface area contributed by atoms with E-state index in [1.165, 1.54) is 4.57 Å². The van der Waals surface area contributed by atoms with E-state index in [-0.39, 0.29) is 24.9 Å². The zero-order chi connectivity index (χ0) is 18.1. The van der Waals surface area contributed by atoms with Crippen LogP contribution in [-0.2, 0) is 11.3 Å². The molecule has 1 amide bonds. The van der Waals surface area contributed by atoms with Crippen molar-refractivity contribution in [2.24, 2.45) is 0 Å². The van der Waals surface area contributed by atoms with Gasteiger partial charge in [-0.25, -0.2) is 4.79 Å². The maximum Gasteiger partial charge on any atom is 0.328 e. The number of fused-ring (bicyclic) bond motifs is 1. The number of carbonyl (C=O) groups is 1. The zero-order valence-corrected chi connectivity index (χ0v) is 14.3. The number of H-pyrrole nitrogens is 2. The van der Waals surface area contributed by atoms with Crippen molar-refractivity contribution in [1.82, 2.24) is 19.4 Å². The number of hydrogen-bond donors (Lipinski definition) is 2. The topological polar surface area (TPSA) is 91.0 Å². The Bertz CT molecular complexity index is 1050. The monoisotopic (exact) mass is 352 g/mol. The molecule has 4 rings (SSSR count). The molecule has 3 aromatic rings. The lowest BCUT2D eigenvalue weighted by Gasteiger charge is -2.24. The Morgan fingerprint density at radius 2 is 2.00 bits per heavy atom. The number of rotatable bonds is 4. The van der Waals surface area contributed by atoms with Crippen molar-refractivity contribution in [1.29, 1.82) is 0 Å². The van der Waals surface area contributed by atoms with Crippen LogP contribution < -0.4 is 11.2 Å². The number of likely N-dealkylation sites (tertiary alicyclic amines) is 1. The molecule has 0 aliphatic carbocycles. The van der Waals surface area contributed by atoms with Crippen molar-refractivity contribution in [3.05, 3.63) is 69.1 Å². The van der Waals surface area contributed by atoms with Crippen LogP contribution in [0.5, 0.6) is 0 Å². The van der Waals surface area contributed by atoms with Crippen LogP contribution in [0, 0.1) is 0 Å². The SMILES string of the molecule is O=C(CCn1c(=O)[nH]c(=O)c2ccccc21)N1CCC[C@H]1c1ccc[nH]1. The average Bonchev–Trinajstić information content (AvgIpc) is 3.32. The molecule has 1 aliphatic heterocycles. The standard InChI is InChI=1S/C19H20N4O3/c24-17(22-11-4-8-16(22)14-6-3-10-20-14)9-12-23-15-7-2-1-5-13(15)18(25)21-19(23)26/h1-3,5-7,10,16,20H,4,8-9,11-12H2,(H,21,25,26)/t16-/m0/s1. The normalized spacial score (nSPS) is 17.1. The van der Waals surface area contributed by atoms with Crippen molar-refractivity contribution < 1.29 is 4.79 Å². The second-order valence-corrected chi connectivity index (χ2v) is 6.55. The first kappa shape index (κ1) is 16.4. The third-order valence-electron chi connectivity index (χ3n) is 5.01. The van der Waals surface area contributed by atoms with Crippen LogP contribution in [0.2, 0.25) is 0 Å². The number of carbonyl (C=O) groups excluding carboxylic acids is 1. The summed E-state index contributed by atoms with van der Waals surface area (Å²) in [6.45, 7) is 0.965. The lowest BCUT2D eigenvalue weighted by molar-refractivity contribution is -0.132. The van der Waals surface area contributed by atoms with E-state index in [9.17, 15) is 14.4 Å². The van der Waals surface area contributed by atoms with Gasteiger partial charge in [0.25, 0.3) is 5.56 Å². The summed E-state index contributed by atoms with van der Waals surface area (Å²) < 4.78 is 1.47. The molecule has 0 unspecified atom stereocenters. The minimum Gasteiger partial charge on any atom is -0.363 e. The number of nitrogens with zero attached hydrogens (tertiary/aromatic N) is 2. The molecule has 1 saturated heterocycles. The third kappa shape index (κ3) is 2.85. The van der Waals surface area contributed by atoms with Crippen LogP contribution in [0.4, 0.5) is 0 Å². The molecule has 2 aromatic heterocycles. The van der Waals surface area contributed by atoms with E-state index >= 15 is 0 Å². The van der Waals surface area contributed by atoms with Gasteiger partial charge in [0.2, 0.25) is 5.91 Å². The first-order valence-electron chi connectivity index (χ1n) is 8.80. The number of amides is 1. The van der Waals surface area contributed by atoms with Gasteiger partial charge in [0.1, 0.15) is 0 Å². The number of nitrogens with one attached hydrogen (secondary N) is 2. The summed E-state index contributed by atoms with van der Waals surface area (Å²) in [5.41, 5.74) is 0.710. The molecule has 26 heavy (non-hydrogen) atoms. The van der Waals surface area contributed by atoms with E-state index in [1.54, 1.807) is 24.3 Å². The zero-order valence-electron chi connectivity index (χ0n) is 14.3. The van der Waals surface area contributed by atoms with E-state index < -0.39 is 11.2 Å². The second-order valence-electron chi connectivity index (χ2n) is 6.55. The molecule has 7 nitrogen and oxygen atoms in total. The van der Waals surface area contributed by atoms with Crippen molar-refractivity contribution >= 4 is 16.8 Å². The molecule has 0 radical (unpaired) electrons. The number of para-hydroxylation sites is 1. The number of aromatic amines is 2. The summed E-state index contributed by atoms with van der Waals surface area (Å²) in [7, 11) is 0. The first-order chi connectivity index (χ1) is 12.6. The highest BCUT2D eigenvalue weighted by atomic mass is 16.2. The fourth-order valence-corrected chi connectivity index (χ4v) is 3.76. The van der Waals surface area contributed by atoms with Gasteiger partial charge < -0.3 is 9.88 Å². The number of aryl methyl sites for hydroxylation is 1. The maximum atomic E-state index is 12.8. The minimum atomic E-state index is -0.483. The Morgan fingerprint density at radius 3 is 2.81 bits per heavy atom. The maximum absolute atomic E-state index is 12.8. The van der Waals surface area contributed by atoms with Gasteiger partial charge in [0.15, 0.2) is 0 Å². The number of hydrogen-bond acceptors (Lipinski definition) is 3. The smallest absolute Gasteiger partial charge is 0.328 e.